The van der Waals surface area contributed by atoms with Crippen molar-refractivity contribution >= 4 is 49.9 Å². The molecule has 5 aromatic rings. The molecule has 1 aromatic heterocycles. The van der Waals surface area contributed by atoms with Crippen LogP contribution in [-0.4, -0.2) is 65.4 Å². The van der Waals surface area contributed by atoms with Gasteiger partial charge in [-0.15, -0.1) is 0 Å². The first kappa shape index (κ1) is 66.8. The van der Waals surface area contributed by atoms with E-state index in [2.05, 4.69) is 157 Å². The average Bonchev–Trinajstić information content (AvgIpc) is 3.19. The molecule has 10 heteroatoms. The van der Waals surface area contributed by atoms with E-state index in [4.69, 9.17) is 4.74 Å². The van der Waals surface area contributed by atoms with Gasteiger partial charge in [0, 0.05) is 22.1 Å². The minimum absolute atomic E-state index is 0.171. The fourth-order valence-corrected chi connectivity index (χ4v) is 10.8. The molecule has 0 unspecified atom stereocenters. The number of benzene rings is 4. The molecule has 72 heavy (non-hydrogen) atoms. The largest absolute Gasteiger partial charge is 0.497 e. The third-order valence-corrected chi connectivity index (χ3v) is 16.9. The average molecular weight is 1060 g/mol. The Morgan fingerprint density at radius 3 is 1.07 bits per heavy atom. The molecule has 4 aromatic carbocycles. The van der Waals surface area contributed by atoms with Gasteiger partial charge in [0.15, 0.2) is 0 Å². The van der Waals surface area contributed by atoms with Crippen molar-refractivity contribution in [3.05, 3.63) is 143 Å². The van der Waals surface area contributed by atoms with Gasteiger partial charge in [-0.25, -0.2) is 0 Å². The van der Waals surface area contributed by atoms with Crippen LogP contribution >= 0.6 is 28.6 Å². The molecule has 0 saturated carbocycles. The molecule has 402 valence electrons. The van der Waals surface area contributed by atoms with E-state index in [9.17, 15) is 18.3 Å². The Hall–Kier alpha value is -3.25. The Morgan fingerprint density at radius 1 is 0.389 bits per heavy atom. The van der Waals surface area contributed by atoms with Crippen LogP contribution in [0.25, 0.3) is 0 Å². The summed E-state index contributed by atoms with van der Waals surface area (Å²) in [6.07, 6.45) is 5.95. The Morgan fingerprint density at radius 2 is 0.736 bits per heavy atom. The second-order valence-corrected chi connectivity index (χ2v) is 39.7. The summed E-state index contributed by atoms with van der Waals surface area (Å²) < 4.78 is 52.5. The van der Waals surface area contributed by atoms with Crippen LogP contribution in [0, 0.1) is 21.7 Å². The van der Waals surface area contributed by atoms with Crippen molar-refractivity contribution in [2.24, 2.45) is 21.7 Å². The van der Waals surface area contributed by atoms with Crippen LogP contribution in [-0.2, 0) is 49.4 Å². The van der Waals surface area contributed by atoms with E-state index < -0.39 is 28.6 Å². The van der Waals surface area contributed by atoms with Crippen LogP contribution in [0.3, 0.4) is 0 Å². The van der Waals surface area contributed by atoms with Crippen LogP contribution in [0.15, 0.2) is 115 Å². The van der Waals surface area contributed by atoms with Crippen molar-refractivity contribution in [1.82, 2.24) is 4.98 Å². The number of ether oxygens (including phenoxy) is 1. The van der Waals surface area contributed by atoms with Gasteiger partial charge >= 0.3 is 0 Å². The first-order chi connectivity index (χ1) is 32.3. The van der Waals surface area contributed by atoms with E-state index in [0.29, 0.717) is 10.8 Å². The third kappa shape index (κ3) is 29.6. The molecule has 0 saturated heterocycles. The quantitative estimate of drug-likeness (QED) is 0.137. The molecule has 0 N–H and O–H groups in total. The summed E-state index contributed by atoms with van der Waals surface area (Å²) in [7, 11) is -6.82. The summed E-state index contributed by atoms with van der Waals surface area (Å²) in [6.45, 7) is 47.6. The summed E-state index contributed by atoms with van der Waals surface area (Å²) >= 11 is 0. The maximum Gasteiger partial charge on any atom is 0.127 e. The molecule has 1 heterocycles. The Labute approximate surface area is 441 Å². The van der Waals surface area contributed by atoms with Crippen LogP contribution in [0.1, 0.15) is 132 Å². The minimum atomic E-state index is -2.22. The van der Waals surface area contributed by atoms with Gasteiger partial charge in [-0.3, -0.25) is 4.98 Å². The molecule has 0 amide bonds. The fourth-order valence-electron chi connectivity index (χ4n) is 7.35. The summed E-state index contributed by atoms with van der Waals surface area (Å²) in [5, 5.41) is 2.93. The van der Waals surface area contributed by atoms with Gasteiger partial charge in [0.05, 0.1) is 12.5 Å². The predicted molar refractivity (Wildman–Crippen MR) is 324 cm³/mol. The lowest BCUT2D eigenvalue weighted by Crippen LogP contribution is -2.13. The number of pyridine rings is 1. The van der Waals surface area contributed by atoms with Gasteiger partial charge in [0.25, 0.3) is 0 Å². The lowest BCUT2D eigenvalue weighted by Gasteiger charge is -2.19. The lowest BCUT2D eigenvalue weighted by molar-refractivity contribution is 0.406. The highest BCUT2D eigenvalue weighted by Crippen LogP contribution is 2.37. The lowest BCUT2D eigenvalue weighted by atomic mass is 9.87. The van der Waals surface area contributed by atoms with Gasteiger partial charge in [-0.2, -0.15) is 0 Å². The first-order valence-electron chi connectivity index (χ1n) is 25.4. The maximum atomic E-state index is 11.9. The number of aromatic nitrogens is 1. The van der Waals surface area contributed by atoms with Crippen molar-refractivity contribution in [3.63, 3.8) is 0 Å². The van der Waals surface area contributed by atoms with Crippen LogP contribution < -0.4 is 26.1 Å². The van der Waals surface area contributed by atoms with E-state index in [-0.39, 0.29) is 16.2 Å². The van der Waals surface area contributed by atoms with Crippen LogP contribution in [0.5, 0.6) is 5.75 Å². The second kappa shape index (κ2) is 27.0. The van der Waals surface area contributed by atoms with Crippen LogP contribution in [0.4, 0.5) is 0 Å². The SMILES string of the molecule is CC(C)(C)Cc1ccc(P(C)(C)=O)cc1.CC(C)(C)Cc1cccc(P(C)(C)=O)c1.CC(C)(C)Cc1ccnc(P(C)(C)=O)c1.CC(C)(C)c1ccc(P(C)(C)=O)cc1.COc1ccc(CC(C)(C)C)cc1. The second-order valence-electron chi connectivity index (χ2n) is 26.9. The molecule has 0 bridgehead atoms. The molecule has 0 aliphatic heterocycles. The summed E-state index contributed by atoms with van der Waals surface area (Å²) in [5.74, 6) is 0.928. The van der Waals surface area contributed by atoms with Gasteiger partial charge < -0.3 is 23.0 Å². The minimum Gasteiger partial charge on any atom is -0.497 e. The zero-order valence-electron chi connectivity index (χ0n) is 49.6. The molecule has 0 aliphatic rings. The monoisotopic (exact) mass is 1060 g/mol. The Bertz CT molecular complexity index is 2510. The van der Waals surface area contributed by atoms with E-state index in [1.807, 2.05) is 87.3 Å². The van der Waals surface area contributed by atoms with Crippen molar-refractivity contribution in [3.8, 4) is 5.75 Å². The summed E-state index contributed by atoms with van der Waals surface area (Å²) in [5.41, 5.74) is 8.59. The topological polar surface area (TPSA) is 90.4 Å². The Kier molecular flexibility index (Phi) is 25.0. The van der Waals surface area contributed by atoms with E-state index in [1.165, 1.54) is 27.8 Å². The highest BCUT2D eigenvalue weighted by Gasteiger charge is 2.19. The summed E-state index contributed by atoms with van der Waals surface area (Å²) in [4.78, 5) is 4.18. The zero-order chi connectivity index (χ0) is 56.0. The molecule has 6 nitrogen and oxygen atoms in total. The van der Waals surface area contributed by atoms with Gasteiger partial charge in [0.1, 0.15) is 34.3 Å². The maximum absolute atomic E-state index is 11.9. The fraction of sp³-hybridized carbons (Fsp3) is 0.532. The molecule has 0 aliphatic carbocycles. The van der Waals surface area contributed by atoms with E-state index in [1.54, 1.807) is 40.0 Å². The van der Waals surface area contributed by atoms with Gasteiger partial charge in [-0.1, -0.05) is 183 Å². The number of hydrogen-bond donors (Lipinski definition) is 0. The highest BCUT2D eigenvalue weighted by molar-refractivity contribution is 7.71. The van der Waals surface area contributed by atoms with E-state index >= 15 is 0 Å². The van der Waals surface area contributed by atoms with Crippen LogP contribution in [0.2, 0.25) is 0 Å². The van der Waals surface area contributed by atoms with Crippen molar-refractivity contribution < 1.29 is 23.0 Å². The van der Waals surface area contributed by atoms with Crippen molar-refractivity contribution in [2.75, 3.05) is 60.4 Å². The van der Waals surface area contributed by atoms with Crippen molar-refractivity contribution in [2.45, 2.75) is 135 Å². The number of methoxy groups -OCH3 is 1. The van der Waals surface area contributed by atoms with Crippen molar-refractivity contribution in [1.29, 1.82) is 0 Å². The smallest absolute Gasteiger partial charge is 0.127 e. The molecule has 0 atom stereocenters. The number of rotatable bonds is 9. The normalized spacial score (nSPS) is 12.6. The Balaban J connectivity index is 0.000000450. The zero-order valence-corrected chi connectivity index (χ0v) is 53.2. The molecule has 0 spiro atoms. The first-order valence-corrected chi connectivity index (χ1v) is 35.8. The molecular weight excluding hydrogens is 963 g/mol. The summed E-state index contributed by atoms with van der Waals surface area (Å²) in [6, 6.07) is 36.8. The molecule has 0 fully saturated rings. The van der Waals surface area contributed by atoms with Gasteiger partial charge in [-0.05, 0) is 164 Å². The molecular formula is C62H99NO5P4. The molecule has 0 radical (unpaired) electrons. The highest BCUT2D eigenvalue weighted by atomic mass is 31.2. The molecule has 5 rings (SSSR count). The van der Waals surface area contributed by atoms with E-state index in [0.717, 1.165) is 52.8 Å². The number of nitrogens with zero attached hydrogens (tertiary/aromatic N) is 1. The van der Waals surface area contributed by atoms with Gasteiger partial charge in [0.2, 0.25) is 0 Å². The third-order valence-electron chi connectivity index (χ3n) is 10.9. The number of hydrogen-bond acceptors (Lipinski definition) is 6. The predicted octanol–water partition coefficient (Wildman–Crippen LogP) is 16.5. The standard InChI is InChI=1S/2C13H21OP.C12H20NOP.C12H19OP.C12H18O/c1-13(2,3)10-11-6-8-12(9-7-11)15(4,5)14;1-13(2,3)10-11-7-6-8-12(9-11)15(4,5)14;1-12(2,3)9-10-6-7-13-11(8-10)15(4,5)14;1-12(2,3)10-6-8-11(9-7-10)14(4,5)13;1-12(2,3)9-10-5-7-11(13-4)8-6-10/h2*6-9H,10H2,1-5H3;6-8H,9H2,1-5H3;6-9H,1-5H3;5-8H,9H2,1-4H3.